The van der Waals surface area contributed by atoms with Crippen LogP contribution in [0.3, 0.4) is 0 Å². The second kappa shape index (κ2) is 5.78. The van der Waals surface area contributed by atoms with Crippen molar-refractivity contribution in [3.05, 3.63) is 53.1 Å². The van der Waals surface area contributed by atoms with Gasteiger partial charge in [0.05, 0.1) is 6.20 Å². The van der Waals surface area contributed by atoms with E-state index < -0.39 is 23.9 Å². The molecule has 0 saturated carbocycles. The Morgan fingerprint density at radius 2 is 2.05 bits per heavy atom. The standard InChI is InChI=1S/C14H13F4N3O/c1-8-3-4-10(15)5-11(8)13(22)20-12(14(16,17)18)9-6-19-21(2)7-9/h3-7,12H,1-2H3,(H,20,22). The summed E-state index contributed by atoms with van der Waals surface area (Å²) in [4.78, 5) is 12.0. The number of nitrogens with zero attached hydrogens (tertiary/aromatic N) is 2. The van der Waals surface area contributed by atoms with Crippen LogP contribution < -0.4 is 5.32 Å². The molecule has 0 aliphatic heterocycles. The molecule has 22 heavy (non-hydrogen) atoms. The molecule has 1 atom stereocenters. The molecular formula is C14H13F4N3O. The van der Waals surface area contributed by atoms with Crippen LogP contribution in [0.2, 0.25) is 0 Å². The Bertz CT molecular complexity index is 694. The molecule has 1 N–H and O–H groups in total. The maximum atomic E-state index is 13.2. The first kappa shape index (κ1) is 16.0. The van der Waals surface area contributed by atoms with Crippen molar-refractivity contribution in [3.8, 4) is 0 Å². The number of nitrogens with one attached hydrogen (secondary N) is 1. The summed E-state index contributed by atoms with van der Waals surface area (Å²) in [5.41, 5.74) is 0.0431. The second-order valence-corrected chi connectivity index (χ2v) is 4.85. The third-order valence-electron chi connectivity index (χ3n) is 3.11. The molecule has 1 aromatic heterocycles. The van der Waals surface area contributed by atoms with Gasteiger partial charge in [0.25, 0.3) is 5.91 Å². The highest BCUT2D eigenvalue weighted by Crippen LogP contribution is 2.32. The highest BCUT2D eigenvalue weighted by molar-refractivity contribution is 5.95. The van der Waals surface area contributed by atoms with E-state index in [1.807, 2.05) is 5.32 Å². The van der Waals surface area contributed by atoms with Crippen molar-refractivity contribution in [2.24, 2.45) is 7.05 Å². The lowest BCUT2D eigenvalue weighted by atomic mass is 10.1. The van der Waals surface area contributed by atoms with Gasteiger partial charge in [0.1, 0.15) is 5.82 Å². The third-order valence-corrected chi connectivity index (χ3v) is 3.11. The summed E-state index contributed by atoms with van der Waals surface area (Å²) in [6.45, 7) is 1.51. The van der Waals surface area contributed by atoms with Gasteiger partial charge < -0.3 is 5.32 Å². The molecule has 0 aliphatic carbocycles. The van der Waals surface area contributed by atoms with Crippen LogP contribution in [0, 0.1) is 12.7 Å². The van der Waals surface area contributed by atoms with Crippen LogP contribution in [-0.4, -0.2) is 21.9 Å². The predicted molar refractivity (Wildman–Crippen MR) is 70.6 cm³/mol. The van der Waals surface area contributed by atoms with Crippen molar-refractivity contribution in [1.29, 1.82) is 0 Å². The van der Waals surface area contributed by atoms with Crippen LogP contribution in [0.5, 0.6) is 0 Å². The number of aromatic nitrogens is 2. The molecule has 1 amide bonds. The van der Waals surface area contributed by atoms with Crippen molar-refractivity contribution in [2.45, 2.75) is 19.1 Å². The number of alkyl halides is 3. The minimum Gasteiger partial charge on any atom is -0.337 e. The summed E-state index contributed by atoms with van der Waals surface area (Å²) in [5.74, 6) is -1.69. The molecule has 2 aromatic rings. The summed E-state index contributed by atoms with van der Waals surface area (Å²) >= 11 is 0. The van der Waals surface area contributed by atoms with E-state index in [4.69, 9.17) is 0 Å². The van der Waals surface area contributed by atoms with Gasteiger partial charge in [0, 0.05) is 24.4 Å². The molecule has 8 heteroatoms. The zero-order valence-corrected chi connectivity index (χ0v) is 11.8. The summed E-state index contributed by atoms with van der Waals surface area (Å²) in [6.07, 6.45) is -2.51. The number of halogens is 4. The van der Waals surface area contributed by atoms with Crippen molar-refractivity contribution in [2.75, 3.05) is 0 Å². The molecule has 0 radical (unpaired) electrons. The van der Waals surface area contributed by atoms with Crippen molar-refractivity contribution < 1.29 is 22.4 Å². The minimum atomic E-state index is -4.69. The van der Waals surface area contributed by atoms with Crippen LogP contribution in [0.25, 0.3) is 0 Å². The zero-order chi connectivity index (χ0) is 16.5. The Morgan fingerprint density at radius 1 is 1.36 bits per heavy atom. The van der Waals surface area contributed by atoms with Gasteiger partial charge in [0.15, 0.2) is 6.04 Å². The van der Waals surface area contributed by atoms with Crippen LogP contribution >= 0.6 is 0 Å². The molecule has 0 aliphatic rings. The van der Waals surface area contributed by atoms with Crippen LogP contribution in [-0.2, 0) is 7.05 Å². The van der Waals surface area contributed by atoms with Crippen LogP contribution in [0.1, 0.15) is 27.5 Å². The third kappa shape index (κ3) is 3.44. The SMILES string of the molecule is Cc1ccc(F)cc1C(=O)NC(c1cnn(C)c1)C(F)(F)F. The maximum Gasteiger partial charge on any atom is 0.413 e. The summed E-state index contributed by atoms with van der Waals surface area (Å²) in [7, 11) is 1.47. The molecule has 1 heterocycles. The Labute approximate surface area is 123 Å². The summed E-state index contributed by atoms with van der Waals surface area (Å²) in [5, 5.41) is 5.56. The Hall–Kier alpha value is -2.38. The zero-order valence-electron chi connectivity index (χ0n) is 11.8. The average Bonchev–Trinajstić information content (AvgIpc) is 2.83. The van der Waals surface area contributed by atoms with Crippen molar-refractivity contribution >= 4 is 5.91 Å². The van der Waals surface area contributed by atoms with E-state index >= 15 is 0 Å². The fourth-order valence-electron chi connectivity index (χ4n) is 1.99. The quantitative estimate of drug-likeness (QED) is 0.885. The molecule has 118 valence electrons. The average molecular weight is 315 g/mol. The monoisotopic (exact) mass is 315 g/mol. The second-order valence-electron chi connectivity index (χ2n) is 4.85. The lowest BCUT2D eigenvalue weighted by molar-refractivity contribution is -0.155. The molecular weight excluding hydrogens is 302 g/mol. The molecule has 0 bridgehead atoms. The van der Waals surface area contributed by atoms with Gasteiger partial charge in [0.2, 0.25) is 0 Å². The van der Waals surface area contributed by atoms with Crippen LogP contribution in [0.15, 0.2) is 30.6 Å². The fraction of sp³-hybridized carbons (Fsp3) is 0.286. The molecule has 1 aromatic carbocycles. The molecule has 0 spiro atoms. The van der Waals surface area contributed by atoms with E-state index in [0.717, 1.165) is 24.5 Å². The molecule has 1 unspecified atom stereocenters. The van der Waals surface area contributed by atoms with E-state index in [1.54, 1.807) is 0 Å². The summed E-state index contributed by atoms with van der Waals surface area (Å²) in [6, 6.07) is 1.16. The number of benzene rings is 1. The number of rotatable bonds is 3. The minimum absolute atomic E-state index is 0.141. The van der Waals surface area contributed by atoms with E-state index in [-0.39, 0.29) is 11.1 Å². The fourth-order valence-corrected chi connectivity index (χ4v) is 1.99. The van der Waals surface area contributed by atoms with Gasteiger partial charge in [-0.25, -0.2) is 4.39 Å². The maximum absolute atomic E-state index is 13.2. The number of hydrogen-bond acceptors (Lipinski definition) is 2. The number of carbonyl (C=O) groups excluding carboxylic acids is 1. The first-order chi connectivity index (χ1) is 10.2. The van der Waals surface area contributed by atoms with E-state index in [9.17, 15) is 22.4 Å². The molecule has 0 saturated heterocycles. The van der Waals surface area contributed by atoms with Gasteiger partial charge in [-0.05, 0) is 24.6 Å². The first-order valence-electron chi connectivity index (χ1n) is 6.31. The van der Waals surface area contributed by atoms with Crippen molar-refractivity contribution in [3.63, 3.8) is 0 Å². The van der Waals surface area contributed by atoms with Gasteiger partial charge in [-0.2, -0.15) is 18.3 Å². The predicted octanol–water partition coefficient (Wildman–Crippen LogP) is 2.90. The van der Waals surface area contributed by atoms with Gasteiger partial charge in [-0.3, -0.25) is 9.48 Å². The Balaban J connectivity index is 2.31. The number of aryl methyl sites for hydroxylation is 2. The molecule has 2 rings (SSSR count). The largest absolute Gasteiger partial charge is 0.413 e. The highest BCUT2D eigenvalue weighted by atomic mass is 19.4. The smallest absolute Gasteiger partial charge is 0.337 e. The van der Waals surface area contributed by atoms with E-state index in [0.29, 0.717) is 5.56 Å². The Morgan fingerprint density at radius 3 is 2.59 bits per heavy atom. The summed E-state index contributed by atoms with van der Waals surface area (Å²) < 4.78 is 53.8. The lowest BCUT2D eigenvalue weighted by Crippen LogP contribution is -2.38. The first-order valence-corrected chi connectivity index (χ1v) is 6.31. The molecule has 0 fully saturated rings. The highest BCUT2D eigenvalue weighted by Gasteiger charge is 2.42. The van der Waals surface area contributed by atoms with Crippen molar-refractivity contribution in [1.82, 2.24) is 15.1 Å². The van der Waals surface area contributed by atoms with E-state index in [2.05, 4.69) is 5.10 Å². The lowest BCUT2D eigenvalue weighted by Gasteiger charge is -2.21. The number of carbonyl (C=O) groups is 1. The van der Waals surface area contributed by atoms with E-state index in [1.165, 1.54) is 24.7 Å². The molecule has 4 nitrogen and oxygen atoms in total. The normalized spacial score (nSPS) is 13.0. The Kier molecular flexibility index (Phi) is 4.20. The van der Waals surface area contributed by atoms with Gasteiger partial charge in [-0.1, -0.05) is 6.07 Å². The van der Waals surface area contributed by atoms with Gasteiger partial charge in [-0.15, -0.1) is 0 Å². The van der Waals surface area contributed by atoms with Crippen LogP contribution in [0.4, 0.5) is 17.6 Å². The number of amides is 1. The topological polar surface area (TPSA) is 46.9 Å². The van der Waals surface area contributed by atoms with Gasteiger partial charge >= 0.3 is 6.18 Å². The number of hydrogen-bond donors (Lipinski definition) is 1.